The third-order valence-electron chi connectivity index (χ3n) is 2.81. The number of rotatable bonds is 3. The molecule has 2 N–H and O–H groups in total. The predicted molar refractivity (Wildman–Crippen MR) is 78.1 cm³/mol. The number of aromatic nitrogens is 4. The maximum absolute atomic E-state index is 11.6. The molecule has 0 aliphatic carbocycles. The van der Waals surface area contributed by atoms with Crippen LogP contribution in [-0.2, 0) is 4.74 Å². The quantitative estimate of drug-likeness (QED) is 0.581. The number of nitrogens with two attached hydrogens (primary N) is 1. The first-order chi connectivity index (χ1) is 10.6. The summed E-state index contributed by atoms with van der Waals surface area (Å²) in [6, 6.07) is 4.78. The van der Waals surface area contributed by atoms with Gasteiger partial charge < -0.3 is 15.2 Å². The van der Waals surface area contributed by atoms with E-state index in [0.717, 1.165) is 0 Å². The van der Waals surface area contributed by atoms with Crippen LogP contribution in [0, 0.1) is 0 Å². The molecule has 8 nitrogen and oxygen atoms in total. The number of fused-ring (bicyclic) bond motifs is 1. The van der Waals surface area contributed by atoms with Crippen LogP contribution >= 0.6 is 11.6 Å². The van der Waals surface area contributed by atoms with Gasteiger partial charge in [0.15, 0.2) is 0 Å². The smallest absolute Gasteiger partial charge is 0.341 e. The Kier molecular flexibility index (Phi) is 3.51. The van der Waals surface area contributed by atoms with Gasteiger partial charge in [-0.05, 0) is 12.1 Å². The summed E-state index contributed by atoms with van der Waals surface area (Å²) in [7, 11) is 1.31. The van der Waals surface area contributed by atoms with Crippen molar-refractivity contribution in [2.24, 2.45) is 0 Å². The zero-order valence-electron chi connectivity index (χ0n) is 11.4. The minimum atomic E-state index is -0.459. The van der Waals surface area contributed by atoms with Gasteiger partial charge in [0, 0.05) is 6.07 Å². The second kappa shape index (κ2) is 5.49. The molecule has 0 aliphatic heterocycles. The molecule has 112 valence electrons. The Labute approximate surface area is 129 Å². The molecule has 22 heavy (non-hydrogen) atoms. The van der Waals surface area contributed by atoms with Gasteiger partial charge in [-0.2, -0.15) is 10.1 Å². The highest BCUT2D eigenvalue weighted by Gasteiger charge is 2.13. The lowest BCUT2D eigenvalue weighted by molar-refractivity contribution is 0.0603. The van der Waals surface area contributed by atoms with E-state index < -0.39 is 5.97 Å². The molecule has 0 fully saturated rings. The highest BCUT2D eigenvalue weighted by Crippen LogP contribution is 2.23. The van der Waals surface area contributed by atoms with E-state index in [0.29, 0.717) is 16.8 Å². The maximum atomic E-state index is 11.6. The topological polar surface area (TPSA) is 105 Å². The minimum absolute atomic E-state index is 0.00986. The molecule has 0 saturated carbocycles. The largest absolute Gasteiger partial charge is 0.465 e. The average Bonchev–Trinajstić information content (AvgIpc) is 2.88. The summed E-state index contributed by atoms with van der Waals surface area (Å²) < 4.78 is 11.7. The number of anilines is 1. The van der Waals surface area contributed by atoms with E-state index in [1.165, 1.54) is 23.9 Å². The van der Waals surface area contributed by atoms with Crippen molar-refractivity contribution in [1.82, 2.24) is 19.6 Å². The second-order valence-electron chi connectivity index (χ2n) is 4.23. The zero-order chi connectivity index (χ0) is 15.7. The predicted octanol–water partition coefficient (Wildman–Crippen LogP) is 1.94. The van der Waals surface area contributed by atoms with Crippen molar-refractivity contribution in [2.45, 2.75) is 0 Å². The lowest BCUT2D eigenvalue weighted by Crippen LogP contribution is -2.00. The Hall–Kier alpha value is -2.87. The van der Waals surface area contributed by atoms with E-state index in [2.05, 4.69) is 19.8 Å². The van der Waals surface area contributed by atoms with Crippen LogP contribution in [0.5, 0.6) is 11.6 Å². The third kappa shape index (κ3) is 2.63. The van der Waals surface area contributed by atoms with Crippen LogP contribution < -0.4 is 10.5 Å². The summed E-state index contributed by atoms with van der Waals surface area (Å²) in [5, 5.41) is 4.25. The van der Waals surface area contributed by atoms with E-state index in [9.17, 15) is 4.79 Å². The highest BCUT2D eigenvalue weighted by atomic mass is 35.5. The summed E-state index contributed by atoms with van der Waals surface area (Å²) in [5.74, 6) is 0.202. The zero-order valence-corrected chi connectivity index (χ0v) is 12.1. The number of nitrogen functional groups attached to an aromatic ring is 1. The standard InChI is InChI=1S/C13H10ClN5O3/c1-21-12(20)8-5-16-19-6-7(2-3-9(8)19)22-11-4-10(14)17-13(15)18-11/h2-6H,1H3,(H2,15,17,18). The van der Waals surface area contributed by atoms with Crippen molar-refractivity contribution in [1.29, 1.82) is 0 Å². The molecular formula is C13H10ClN5O3. The van der Waals surface area contributed by atoms with Gasteiger partial charge in [-0.1, -0.05) is 11.6 Å². The van der Waals surface area contributed by atoms with Gasteiger partial charge in [-0.25, -0.2) is 14.3 Å². The molecule has 0 spiro atoms. The Morgan fingerprint density at radius 2 is 2.18 bits per heavy atom. The molecule has 9 heteroatoms. The van der Waals surface area contributed by atoms with Gasteiger partial charge in [0.25, 0.3) is 0 Å². The monoisotopic (exact) mass is 319 g/mol. The molecule has 0 saturated heterocycles. The molecule has 0 amide bonds. The summed E-state index contributed by atoms with van der Waals surface area (Å²) in [6.07, 6.45) is 3.01. The van der Waals surface area contributed by atoms with Gasteiger partial charge in [-0.15, -0.1) is 0 Å². The number of carbonyl (C=O) groups excluding carboxylic acids is 1. The molecule has 0 aromatic carbocycles. The van der Waals surface area contributed by atoms with Crippen molar-refractivity contribution in [2.75, 3.05) is 12.8 Å². The Morgan fingerprint density at radius 3 is 2.91 bits per heavy atom. The van der Waals surface area contributed by atoms with E-state index in [1.807, 2.05) is 0 Å². The molecule has 0 bridgehead atoms. The van der Waals surface area contributed by atoms with Crippen LogP contribution in [0.3, 0.4) is 0 Å². The van der Waals surface area contributed by atoms with Gasteiger partial charge in [0.1, 0.15) is 16.5 Å². The van der Waals surface area contributed by atoms with Gasteiger partial charge in [0.2, 0.25) is 11.8 Å². The lowest BCUT2D eigenvalue weighted by Gasteiger charge is -2.06. The SMILES string of the molecule is COC(=O)c1cnn2cc(Oc3cc(Cl)nc(N)n3)ccc12. The number of methoxy groups -OCH3 is 1. The van der Waals surface area contributed by atoms with E-state index in [-0.39, 0.29) is 17.0 Å². The first kappa shape index (κ1) is 14.1. The number of carbonyl (C=O) groups is 1. The molecule has 0 aliphatic rings. The molecule has 3 heterocycles. The summed E-state index contributed by atoms with van der Waals surface area (Å²) in [4.78, 5) is 19.2. The van der Waals surface area contributed by atoms with Crippen LogP contribution in [0.1, 0.15) is 10.4 Å². The highest BCUT2D eigenvalue weighted by molar-refractivity contribution is 6.29. The van der Waals surface area contributed by atoms with Crippen LogP contribution in [0.2, 0.25) is 5.15 Å². The molecular weight excluding hydrogens is 310 g/mol. The van der Waals surface area contributed by atoms with Crippen molar-refractivity contribution >= 4 is 29.0 Å². The van der Waals surface area contributed by atoms with Crippen LogP contribution in [0.25, 0.3) is 5.52 Å². The third-order valence-corrected chi connectivity index (χ3v) is 3.00. The first-order valence-electron chi connectivity index (χ1n) is 6.10. The number of esters is 1. The molecule has 0 atom stereocenters. The van der Waals surface area contributed by atoms with E-state index in [1.54, 1.807) is 18.3 Å². The van der Waals surface area contributed by atoms with Crippen molar-refractivity contribution in [3.8, 4) is 11.6 Å². The Bertz CT molecular complexity index is 844. The Balaban J connectivity index is 1.94. The van der Waals surface area contributed by atoms with Crippen molar-refractivity contribution in [3.63, 3.8) is 0 Å². The van der Waals surface area contributed by atoms with Crippen molar-refractivity contribution in [3.05, 3.63) is 41.3 Å². The van der Waals surface area contributed by atoms with Crippen LogP contribution in [-0.4, -0.2) is 32.7 Å². The fourth-order valence-corrected chi connectivity index (χ4v) is 2.06. The molecule has 0 radical (unpaired) electrons. The summed E-state index contributed by atoms with van der Waals surface area (Å²) >= 11 is 5.79. The summed E-state index contributed by atoms with van der Waals surface area (Å²) in [6.45, 7) is 0. The van der Waals surface area contributed by atoms with E-state index >= 15 is 0 Å². The van der Waals surface area contributed by atoms with Crippen LogP contribution in [0.4, 0.5) is 5.95 Å². The van der Waals surface area contributed by atoms with Crippen LogP contribution in [0.15, 0.2) is 30.6 Å². The van der Waals surface area contributed by atoms with E-state index in [4.69, 9.17) is 22.1 Å². The fourth-order valence-electron chi connectivity index (χ4n) is 1.88. The number of ether oxygens (including phenoxy) is 2. The molecule has 3 aromatic heterocycles. The first-order valence-corrected chi connectivity index (χ1v) is 6.48. The molecule has 3 aromatic rings. The number of halogens is 1. The number of pyridine rings is 1. The second-order valence-corrected chi connectivity index (χ2v) is 4.62. The molecule has 0 unspecified atom stereocenters. The fraction of sp³-hybridized carbons (Fsp3) is 0.0769. The lowest BCUT2D eigenvalue weighted by atomic mass is 10.2. The normalized spacial score (nSPS) is 10.6. The van der Waals surface area contributed by atoms with Gasteiger partial charge in [0.05, 0.1) is 25.0 Å². The van der Waals surface area contributed by atoms with Gasteiger partial charge in [-0.3, -0.25) is 0 Å². The number of hydrogen-bond donors (Lipinski definition) is 1. The Morgan fingerprint density at radius 1 is 1.36 bits per heavy atom. The summed E-state index contributed by atoms with van der Waals surface area (Å²) in [5.41, 5.74) is 6.46. The number of nitrogens with zero attached hydrogens (tertiary/aromatic N) is 4. The number of hydrogen-bond acceptors (Lipinski definition) is 7. The van der Waals surface area contributed by atoms with Crippen molar-refractivity contribution < 1.29 is 14.3 Å². The minimum Gasteiger partial charge on any atom is -0.465 e. The maximum Gasteiger partial charge on any atom is 0.341 e. The van der Waals surface area contributed by atoms with Gasteiger partial charge >= 0.3 is 5.97 Å². The average molecular weight is 320 g/mol. The molecule has 3 rings (SSSR count).